The van der Waals surface area contributed by atoms with E-state index in [0.29, 0.717) is 36.1 Å². The highest BCUT2D eigenvalue weighted by molar-refractivity contribution is 6.31. The molecular weight excluding hydrogens is 290 g/mol. The van der Waals surface area contributed by atoms with Crippen LogP contribution < -0.4 is 16.0 Å². The molecule has 6 heteroatoms. The van der Waals surface area contributed by atoms with Crippen LogP contribution in [0.15, 0.2) is 18.2 Å². The molecule has 1 fully saturated rings. The second-order valence-corrected chi connectivity index (χ2v) is 5.50. The van der Waals surface area contributed by atoms with E-state index in [1.165, 1.54) is 0 Å². The van der Waals surface area contributed by atoms with Gasteiger partial charge in [-0.2, -0.15) is 0 Å². The van der Waals surface area contributed by atoms with Gasteiger partial charge in [0.2, 0.25) is 5.91 Å². The van der Waals surface area contributed by atoms with Gasteiger partial charge in [0.1, 0.15) is 0 Å². The number of carbonyl (C=O) groups excluding carboxylic acids is 2. The molecule has 0 heterocycles. The fourth-order valence-corrected chi connectivity index (χ4v) is 2.13. The van der Waals surface area contributed by atoms with Gasteiger partial charge in [-0.25, -0.2) is 0 Å². The first-order chi connectivity index (χ1) is 10.1. The molecule has 0 saturated heterocycles. The quantitative estimate of drug-likeness (QED) is 0.723. The van der Waals surface area contributed by atoms with E-state index < -0.39 is 0 Å². The molecule has 0 aromatic heterocycles. The van der Waals surface area contributed by atoms with Crippen LogP contribution in [0.2, 0.25) is 5.02 Å². The Morgan fingerprint density at radius 2 is 2.10 bits per heavy atom. The van der Waals surface area contributed by atoms with E-state index in [2.05, 4.69) is 16.0 Å². The molecule has 5 nitrogen and oxygen atoms in total. The summed E-state index contributed by atoms with van der Waals surface area (Å²) in [7, 11) is 0. The summed E-state index contributed by atoms with van der Waals surface area (Å²) in [5.74, 6) is -0.247. The number of hydrogen-bond donors (Lipinski definition) is 3. The number of benzene rings is 1. The fourth-order valence-electron chi connectivity index (χ4n) is 1.96. The van der Waals surface area contributed by atoms with E-state index in [0.717, 1.165) is 18.5 Å². The summed E-state index contributed by atoms with van der Waals surface area (Å²) in [5.41, 5.74) is 1.23. The third kappa shape index (κ3) is 4.93. The molecule has 1 aromatic rings. The molecule has 1 aliphatic rings. The minimum atomic E-state index is -0.229. The van der Waals surface area contributed by atoms with Crippen molar-refractivity contribution in [3.63, 3.8) is 0 Å². The normalized spacial score (nSPS) is 13.6. The highest BCUT2D eigenvalue weighted by atomic mass is 35.5. The molecule has 0 atom stereocenters. The van der Waals surface area contributed by atoms with Gasteiger partial charge in [0.25, 0.3) is 5.91 Å². The number of nitrogens with one attached hydrogen (secondary N) is 3. The van der Waals surface area contributed by atoms with Crippen molar-refractivity contribution in [2.24, 2.45) is 0 Å². The Balaban J connectivity index is 1.86. The molecule has 1 saturated carbocycles. The van der Waals surface area contributed by atoms with Crippen LogP contribution in [0, 0.1) is 0 Å². The summed E-state index contributed by atoms with van der Waals surface area (Å²) in [6.45, 7) is 2.99. The first-order valence-electron chi connectivity index (χ1n) is 7.21. The minimum Gasteiger partial charge on any atom is -0.385 e. The van der Waals surface area contributed by atoms with Crippen molar-refractivity contribution in [3.05, 3.63) is 28.8 Å². The number of anilines is 1. The van der Waals surface area contributed by atoms with E-state index in [-0.39, 0.29) is 11.8 Å². The molecule has 0 unspecified atom stereocenters. The van der Waals surface area contributed by atoms with Crippen molar-refractivity contribution in [2.75, 3.05) is 18.4 Å². The Morgan fingerprint density at radius 3 is 2.76 bits per heavy atom. The Hall–Kier alpha value is -1.75. The lowest BCUT2D eigenvalue weighted by atomic mass is 10.1. The monoisotopic (exact) mass is 309 g/mol. The van der Waals surface area contributed by atoms with Gasteiger partial charge in [-0.1, -0.05) is 11.6 Å². The van der Waals surface area contributed by atoms with Gasteiger partial charge in [0.05, 0.1) is 5.56 Å². The summed E-state index contributed by atoms with van der Waals surface area (Å²) < 4.78 is 0. The molecule has 3 N–H and O–H groups in total. The van der Waals surface area contributed by atoms with E-state index in [9.17, 15) is 9.59 Å². The van der Waals surface area contributed by atoms with Crippen LogP contribution in [0.25, 0.3) is 0 Å². The smallest absolute Gasteiger partial charge is 0.253 e. The van der Waals surface area contributed by atoms with Crippen molar-refractivity contribution in [1.82, 2.24) is 10.6 Å². The molecule has 21 heavy (non-hydrogen) atoms. The maximum absolute atomic E-state index is 12.2. The van der Waals surface area contributed by atoms with Crippen LogP contribution in [0.5, 0.6) is 0 Å². The van der Waals surface area contributed by atoms with Gasteiger partial charge in [0.15, 0.2) is 0 Å². The van der Waals surface area contributed by atoms with E-state index in [1.54, 1.807) is 18.2 Å². The predicted molar refractivity (Wildman–Crippen MR) is 83.7 cm³/mol. The van der Waals surface area contributed by atoms with Gasteiger partial charge in [-0.15, -0.1) is 0 Å². The zero-order chi connectivity index (χ0) is 15.2. The molecule has 0 aliphatic heterocycles. The average molecular weight is 310 g/mol. The van der Waals surface area contributed by atoms with Crippen molar-refractivity contribution in [3.8, 4) is 0 Å². The maximum Gasteiger partial charge on any atom is 0.253 e. The fraction of sp³-hybridized carbons (Fsp3) is 0.467. The lowest BCUT2D eigenvalue weighted by molar-refractivity contribution is -0.121. The highest BCUT2D eigenvalue weighted by Crippen LogP contribution is 2.20. The second-order valence-electron chi connectivity index (χ2n) is 5.07. The molecule has 114 valence electrons. The largest absolute Gasteiger partial charge is 0.385 e. The summed E-state index contributed by atoms with van der Waals surface area (Å²) in [5, 5.41) is 9.26. The third-order valence-electron chi connectivity index (χ3n) is 3.17. The Bertz CT molecular complexity index is 530. The molecule has 1 aliphatic carbocycles. The minimum absolute atomic E-state index is 0.0178. The van der Waals surface area contributed by atoms with Crippen molar-refractivity contribution < 1.29 is 9.59 Å². The van der Waals surface area contributed by atoms with Gasteiger partial charge in [0, 0.05) is 36.3 Å². The second kappa shape index (κ2) is 7.31. The molecular formula is C15H20ClN3O2. The summed E-state index contributed by atoms with van der Waals surface area (Å²) in [4.78, 5) is 23.7. The lowest BCUT2D eigenvalue weighted by Crippen LogP contribution is -2.32. The van der Waals surface area contributed by atoms with Crippen LogP contribution in [0.3, 0.4) is 0 Å². The van der Waals surface area contributed by atoms with E-state index >= 15 is 0 Å². The predicted octanol–water partition coefficient (Wildman–Crippen LogP) is 2.17. The number of halogens is 1. The average Bonchev–Trinajstić information content (AvgIpc) is 3.24. The summed E-state index contributed by atoms with van der Waals surface area (Å²) >= 11 is 5.94. The number of amides is 2. The first kappa shape index (κ1) is 15.6. The summed E-state index contributed by atoms with van der Waals surface area (Å²) in [6, 6.07) is 5.49. The topological polar surface area (TPSA) is 70.2 Å². The Kier molecular flexibility index (Phi) is 5.44. The van der Waals surface area contributed by atoms with Crippen molar-refractivity contribution in [1.29, 1.82) is 0 Å². The van der Waals surface area contributed by atoms with Gasteiger partial charge < -0.3 is 16.0 Å². The maximum atomic E-state index is 12.2. The Labute approximate surface area is 129 Å². The zero-order valence-electron chi connectivity index (χ0n) is 12.0. The number of hydrogen-bond acceptors (Lipinski definition) is 3. The molecule has 0 radical (unpaired) electrons. The zero-order valence-corrected chi connectivity index (χ0v) is 12.8. The number of rotatable bonds is 7. The third-order valence-corrected chi connectivity index (χ3v) is 3.41. The van der Waals surface area contributed by atoms with Crippen LogP contribution in [-0.4, -0.2) is 30.9 Å². The molecule has 2 rings (SSSR count). The first-order valence-corrected chi connectivity index (χ1v) is 7.59. The molecule has 0 spiro atoms. The van der Waals surface area contributed by atoms with Gasteiger partial charge >= 0.3 is 0 Å². The van der Waals surface area contributed by atoms with Crippen molar-refractivity contribution >= 4 is 29.1 Å². The summed E-state index contributed by atoms with van der Waals surface area (Å²) in [6.07, 6.45) is 2.42. The molecule has 0 bridgehead atoms. The van der Waals surface area contributed by atoms with Crippen LogP contribution in [0.1, 0.15) is 36.5 Å². The molecule has 1 aromatic carbocycles. The Morgan fingerprint density at radius 1 is 1.33 bits per heavy atom. The van der Waals surface area contributed by atoms with Crippen molar-refractivity contribution in [2.45, 2.75) is 32.2 Å². The lowest BCUT2D eigenvalue weighted by Gasteiger charge is -2.11. The SMILES string of the molecule is CCNc1ccc(Cl)cc1C(=O)NCCC(=O)NC1CC1. The highest BCUT2D eigenvalue weighted by Gasteiger charge is 2.22. The van der Waals surface area contributed by atoms with E-state index in [1.807, 2.05) is 6.92 Å². The van der Waals surface area contributed by atoms with E-state index in [4.69, 9.17) is 11.6 Å². The molecule has 2 amide bonds. The number of carbonyl (C=O) groups is 2. The van der Waals surface area contributed by atoms with Crippen LogP contribution >= 0.6 is 11.6 Å². The standard InChI is InChI=1S/C15H20ClN3O2/c1-2-17-13-6-3-10(16)9-12(13)15(21)18-8-7-14(20)19-11-4-5-11/h3,6,9,11,17H,2,4-5,7-8H2,1H3,(H,18,21)(H,19,20). The van der Waals surface area contributed by atoms with Gasteiger partial charge in [-0.3, -0.25) is 9.59 Å². The van der Waals surface area contributed by atoms with Crippen LogP contribution in [0.4, 0.5) is 5.69 Å². The van der Waals surface area contributed by atoms with Crippen LogP contribution in [-0.2, 0) is 4.79 Å². The van der Waals surface area contributed by atoms with Gasteiger partial charge in [-0.05, 0) is 38.0 Å².